The van der Waals surface area contributed by atoms with Crippen LogP contribution in [0, 0.1) is 6.92 Å². The van der Waals surface area contributed by atoms with Crippen LogP contribution >= 0.6 is 0 Å². The van der Waals surface area contributed by atoms with Gasteiger partial charge in [-0.3, -0.25) is 4.79 Å². The number of hydrogen-bond acceptors (Lipinski definition) is 5. The molecule has 1 aromatic heterocycles. The first-order valence-corrected chi connectivity index (χ1v) is 8.41. The summed E-state index contributed by atoms with van der Waals surface area (Å²) in [6.07, 6.45) is -3.32. The zero-order valence-electron chi connectivity index (χ0n) is 15.4. The molecule has 9 heteroatoms. The molecule has 0 saturated carbocycles. The van der Waals surface area contributed by atoms with Gasteiger partial charge in [-0.05, 0) is 23.3 Å². The largest absolute Gasteiger partial charge is 0.452 e. The molecule has 0 bridgehead atoms. The SMILES string of the molecule is CO/N=C/c1cccc(-c2ccccc2NC(=O)c2nc(C)oc2C(F)(F)F)c1. The monoisotopic (exact) mass is 403 g/mol. The predicted octanol–water partition coefficient (Wildman–Crippen LogP) is 4.90. The van der Waals surface area contributed by atoms with Gasteiger partial charge in [0.1, 0.15) is 7.11 Å². The first kappa shape index (κ1) is 20.1. The Morgan fingerprint density at radius 3 is 2.69 bits per heavy atom. The lowest BCUT2D eigenvalue weighted by Gasteiger charge is -2.12. The van der Waals surface area contributed by atoms with E-state index in [1.165, 1.54) is 20.2 Å². The first-order valence-electron chi connectivity index (χ1n) is 8.41. The molecule has 29 heavy (non-hydrogen) atoms. The number of benzene rings is 2. The standard InChI is InChI=1S/C20H16F3N3O3/c1-12-25-17(18(29-12)20(21,22)23)19(27)26-16-9-4-3-8-15(16)14-7-5-6-13(10-14)11-24-28-2/h3-11H,1-2H3,(H,26,27)/b24-11+. The topological polar surface area (TPSA) is 76.7 Å². The van der Waals surface area contributed by atoms with Crippen LogP contribution in [0.4, 0.5) is 18.9 Å². The van der Waals surface area contributed by atoms with Crippen molar-refractivity contribution in [2.75, 3.05) is 12.4 Å². The van der Waals surface area contributed by atoms with Crippen molar-refractivity contribution in [3.05, 3.63) is 71.4 Å². The quantitative estimate of drug-likeness (QED) is 0.486. The van der Waals surface area contributed by atoms with Crippen molar-refractivity contribution in [1.29, 1.82) is 0 Å². The maximum atomic E-state index is 13.1. The molecule has 0 spiro atoms. The Kier molecular flexibility index (Phi) is 5.67. The number of oxazole rings is 1. The van der Waals surface area contributed by atoms with Crippen LogP contribution in [-0.2, 0) is 11.0 Å². The van der Waals surface area contributed by atoms with Gasteiger partial charge in [-0.2, -0.15) is 13.2 Å². The second kappa shape index (κ2) is 8.17. The van der Waals surface area contributed by atoms with E-state index in [0.29, 0.717) is 11.3 Å². The molecular formula is C20H16F3N3O3. The van der Waals surface area contributed by atoms with Crippen molar-refractivity contribution >= 4 is 17.8 Å². The number of anilines is 1. The molecule has 0 aliphatic heterocycles. The number of amides is 1. The lowest BCUT2D eigenvalue weighted by molar-refractivity contribution is -0.153. The van der Waals surface area contributed by atoms with Gasteiger partial charge in [0, 0.05) is 18.2 Å². The smallest absolute Gasteiger partial charge is 0.436 e. The lowest BCUT2D eigenvalue weighted by Crippen LogP contribution is -2.18. The number of halogens is 3. The van der Waals surface area contributed by atoms with Crippen molar-refractivity contribution in [1.82, 2.24) is 4.98 Å². The second-order valence-electron chi connectivity index (χ2n) is 5.95. The molecule has 1 amide bonds. The van der Waals surface area contributed by atoms with Crippen LogP contribution < -0.4 is 5.32 Å². The van der Waals surface area contributed by atoms with Crippen molar-refractivity contribution < 1.29 is 27.2 Å². The van der Waals surface area contributed by atoms with E-state index in [0.717, 1.165) is 11.1 Å². The van der Waals surface area contributed by atoms with Crippen molar-refractivity contribution in [2.45, 2.75) is 13.1 Å². The van der Waals surface area contributed by atoms with Gasteiger partial charge in [-0.1, -0.05) is 41.6 Å². The van der Waals surface area contributed by atoms with Crippen LogP contribution in [0.2, 0.25) is 0 Å². The number of carbonyl (C=O) groups is 1. The summed E-state index contributed by atoms with van der Waals surface area (Å²) in [5.41, 5.74) is 1.60. The summed E-state index contributed by atoms with van der Waals surface area (Å²) in [7, 11) is 1.42. The number of rotatable bonds is 5. The van der Waals surface area contributed by atoms with Crippen LogP contribution in [0.15, 0.2) is 58.1 Å². The molecule has 1 N–H and O–H groups in total. The van der Waals surface area contributed by atoms with Gasteiger partial charge < -0.3 is 14.6 Å². The Hall–Kier alpha value is -3.62. The van der Waals surface area contributed by atoms with E-state index in [4.69, 9.17) is 0 Å². The van der Waals surface area contributed by atoms with E-state index in [1.54, 1.807) is 48.5 Å². The molecule has 3 rings (SSSR count). The van der Waals surface area contributed by atoms with Crippen molar-refractivity contribution in [3.63, 3.8) is 0 Å². The van der Waals surface area contributed by atoms with Gasteiger partial charge in [-0.15, -0.1) is 0 Å². The molecule has 0 saturated heterocycles. The molecule has 6 nitrogen and oxygen atoms in total. The van der Waals surface area contributed by atoms with E-state index in [1.807, 2.05) is 0 Å². The highest BCUT2D eigenvalue weighted by Gasteiger charge is 2.41. The van der Waals surface area contributed by atoms with Gasteiger partial charge in [0.05, 0.1) is 6.21 Å². The molecule has 1 heterocycles. The van der Waals surface area contributed by atoms with Gasteiger partial charge in [0.15, 0.2) is 11.6 Å². The van der Waals surface area contributed by atoms with Crippen LogP contribution in [0.1, 0.15) is 27.7 Å². The highest BCUT2D eigenvalue weighted by Crippen LogP contribution is 2.34. The summed E-state index contributed by atoms with van der Waals surface area (Å²) in [6, 6.07) is 13.9. The minimum atomic E-state index is -4.83. The van der Waals surface area contributed by atoms with E-state index < -0.39 is 23.5 Å². The van der Waals surface area contributed by atoms with Crippen LogP contribution in [-0.4, -0.2) is 24.2 Å². The Labute approximate surface area is 164 Å². The number of hydrogen-bond donors (Lipinski definition) is 1. The normalized spacial score (nSPS) is 11.6. The number of para-hydroxylation sites is 1. The van der Waals surface area contributed by atoms with Gasteiger partial charge in [-0.25, -0.2) is 4.98 Å². The van der Waals surface area contributed by atoms with E-state index >= 15 is 0 Å². The zero-order chi connectivity index (χ0) is 21.0. The van der Waals surface area contributed by atoms with Crippen LogP contribution in [0.25, 0.3) is 11.1 Å². The Bertz CT molecular complexity index is 1060. The zero-order valence-corrected chi connectivity index (χ0v) is 15.4. The van der Waals surface area contributed by atoms with E-state index in [-0.39, 0.29) is 5.89 Å². The number of alkyl halides is 3. The molecule has 0 unspecified atom stereocenters. The number of aryl methyl sites for hydroxylation is 1. The van der Waals surface area contributed by atoms with Gasteiger partial charge in [0.2, 0.25) is 5.76 Å². The summed E-state index contributed by atoms with van der Waals surface area (Å²) in [6.45, 7) is 1.24. The molecule has 0 fully saturated rings. The average Bonchev–Trinajstić information content (AvgIpc) is 3.09. The van der Waals surface area contributed by atoms with Crippen molar-refractivity contribution in [3.8, 4) is 11.1 Å². The molecule has 0 radical (unpaired) electrons. The molecule has 150 valence electrons. The van der Waals surface area contributed by atoms with Crippen LogP contribution in [0.5, 0.6) is 0 Å². The highest BCUT2D eigenvalue weighted by molar-refractivity contribution is 6.05. The second-order valence-corrected chi connectivity index (χ2v) is 5.95. The third kappa shape index (κ3) is 4.63. The predicted molar refractivity (Wildman–Crippen MR) is 101 cm³/mol. The average molecular weight is 403 g/mol. The minimum Gasteiger partial charge on any atom is -0.436 e. The van der Waals surface area contributed by atoms with Gasteiger partial charge >= 0.3 is 6.18 Å². The maximum absolute atomic E-state index is 13.1. The molecule has 0 aliphatic rings. The van der Waals surface area contributed by atoms with E-state index in [2.05, 4.69) is 24.7 Å². The Morgan fingerprint density at radius 2 is 1.97 bits per heavy atom. The molecule has 3 aromatic rings. The Morgan fingerprint density at radius 1 is 1.21 bits per heavy atom. The van der Waals surface area contributed by atoms with Crippen LogP contribution in [0.3, 0.4) is 0 Å². The fraction of sp³-hybridized carbons (Fsp3) is 0.150. The number of aromatic nitrogens is 1. The minimum absolute atomic E-state index is 0.249. The molecule has 2 aromatic carbocycles. The summed E-state index contributed by atoms with van der Waals surface area (Å²) in [5, 5.41) is 6.20. The molecule has 0 atom stereocenters. The number of oxime groups is 1. The molecule has 0 aliphatic carbocycles. The third-order valence-electron chi connectivity index (χ3n) is 3.89. The fourth-order valence-electron chi connectivity index (χ4n) is 2.70. The number of nitrogens with one attached hydrogen (secondary N) is 1. The fourth-order valence-corrected chi connectivity index (χ4v) is 2.70. The summed E-state index contributed by atoms with van der Waals surface area (Å²) < 4.78 is 43.9. The number of nitrogens with zero attached hydrogens (tertiary/aromatic N) is 2. The lowest BCUT2D eigenvalue weighted by atomic mass is 10.0. The van der Waals surface area contributed by atoms with Crippen molar-refractivity contribution in [2.24, 2.45) is 5.16 Å². The molecular weight excluding hydrogens is 387 g/mol. The van der Waals surface area contributed by atoms with Gasteiger partial charge in [0.25, 0.3) is 5.91 Å². The number of carbonyl (C=O) groups excluding carboxylic acids is 1. The summed E-state index contributed by atoms with van der Waals surface area (Å²) in [5.74, 6) is -2.69. The van der Waals surface area contributed by atoms with E-state index in [9.17, 15) is 18.0 Å². The Balaban J connectivity index is 1.95. The highest BCUT2D eigenvalue weighted by atomic mass is 19.4. The first-order chi connectivity index (χ1) is 13.8. The third-order valence-corrected chi connectivity index (χ3v) is 3.89. The summed E-state index contributed by atoms with van der Waals surface area (Å²) in [4.78, 5) is 20.8. The maximum Gasteiger partial charge on any atom is 0.452 e. The summed E-state index contributed by atoms with van der Waals surface area (Å²) >= 11 is 0.